The minimum absolute atomic E-state index is 0.0389. The molecule has 0 spiro atoms. The van der Waals surface area contributed by atoms with Gasteiger partial charge < -0.3 is 14.8 Å². The Kier molecular flexibility index (Phi) is 5.41. The van der Waals surface area contributed by atoms with Gasteiger partial charge >= 0.3 is 0 Å². The summed E-state index contributed by atoms with van der Waals surface area (Å²) in [5.74, 6) is -0.0389. The largest absolute Gasteiger partial charge is 0.351 e. The van der Waals surface area contributed by atoms with Gasteiger partial charge in [0.15, 0.2) is 0 Å². The zero-order valence-electron chi connectivity index (χ0n) is 14.5. The number of fused-ring (bicyclic) bond motifs is 1. The van der Waals surface area contributed by atoms with E-state index in [0.29, 0.717) is 12.1 Å². The van der Waals surface area contributed by atoms with Crippen molar-refractivity contribution in [2.24, 2.45) is 0 Å². The van der Waals surface area contributed by atoms with Gasteiger partial charge in [0.05, 0.1) is 0 Å². The van der Waals surface area contributed by atoms with Crippen molar-refractivity contribution in [2.45, 2.75) is 6.54 Å². The number of nitrogens with one attached hydrogen (secondary N) is 1. The molecule has 1 amide bonds. The van der Waals surface area contributed by atoms with E-state index < -0.39 is 0 Å². The molecule has 0 radical (unpaired) electrons. The highest BCUT2D eigenvalue weighted by Crippen LogP contribution is 2.20. The van der Waals surface area contributed by atoms with Crippen molar-refractivity contribution >= 4 is 28.4 Å². The van der Waals surface area contributed by atoms with Crippen LogP contribution in [0.4, 0.5) is 0 Å². The first-order valence-corrected chi connectivity index (χ1v) is 8.67. The Morgan fingerprint density at radius 1 is 1.12 bits per heavy atom. The molecule has 1 heterocycles. The second kappa shape index (κ2) is 7.72. The van der Waals surface area contributed by atoms with Crippen LogP contribution in [0.2, 0.25) is 5.02 Å². The summed E-state index contributed by atoms with van der Waals surface area (Å²) in [7, 11) is 3.98. The van der Waals surface area contributed by atoms with Gasteiger partial charge in [-0.3, -0.25) is 4.79 Å². The van der Waals surface area contributed by atoms with Crippen molar-refractivity contribution in [1.29, 1.82) is 0 Å². The molecule has 0 saturated heterocycles. The van der Waals surface area contributed by atoms with Crippen molar-refractivity contribution in [2.75, 3.05) is 27.2 Å². The van der Waals surface area contributed by atoms with Crippen molar-refractivity contribution in [1.82, 2.24) is 14.8 Å². The molecule has 3 aromatic rings. The number of benzene rings is 2. The van der Waals surface area contributed by atoms with E-state index >= 15 is 0 Å². The number of hydrogen-bond donors (Lipinski definition) is 1. The second-order valence-electron chi connectivity index (χ2n) is 6.40. The van der Waals surface area contributed by atoms with Crippen molar-refractivity contribution in [3.8, 4) is 0 Å². The lowest BCUT2D eigenvalue weighted by molar-refractivity contribution is 0.0951. The van der Waals surface area contributed by atoms with Gasteiger partial charge in [0, 0.05) is 41.9 Å². The monoisotopic (exact) mass is 355 g/mol. The van der Waals surface area contributed by atoms with Gasteiger partial charge in [-0.05, 0) is 55.4 Å². The summed E-state index contributed by atoms with van der Waals surface area (Å²) in [6.07, 6.45) is 2.05. The maximum Gasteiger partial charge on any atom is 0.251 e. The van der Waals surface area contributed by atoms with Crippen molar-refractivity contribution in [3.05, 3.63) is 70.9 Å². The molecule has 0 aliphatic heterocycles. The Labute approximate surface area is 153 Å². The zero-order valence-corrected chi connectivity index (χ0v) is 15.3. The lowest BCUT2D eigenvalue weighted by Crippen LogP contribution is -2.31. The van der Waals surface area contributed by atoms with E-state index in [2.05, 4.69) is 16.0 Å². The number of hydrogen-bond acceptors (Lipinski definition) is 2. The number of rotatable bonds is 6. The molecule has 1 N–H and O–H groups in total. The van der Waals surface area contributed by atoms with Gasteiger partial charge in [0.25, 0.3) is 5.91 Å². The summed E-state index contributed by atoms with van der Waals surface area (Å²) >= 11 is 5.95. The molecule has 0 aliphatic carbocycles. The molecule has 130 valence electrons. The van der Waals surface area contributed by atoms with E-state index in [0.717, 1.165) is 29.0 Å². The molecule has 4 nitrogen and oxygen atoms in total. The van der Waals surface area contributed by atoms with Crippen molar-refractivity contribution in [3.63, 3.8) is 0 Å². The molecule has 2 aromatic carbocycles. The van der Waals surface area contributed by atoms with E-state index in [-0.39, 0.29) is 5.91 Å². The summed E-state index contributed by atoms with van der Waals surface area (Å²) < 4.78 is 2.15. The van der Waals surface area contributed by atoms with Crippen LogP contribution in [0.3, 0.4) is 0 Å². The second-order valence-corrected chi connectivity index (χ2v) is 6.84. The summed E-state index contributed by atoms with van der Waals surface area (Å²) in [5.41, 5.74) is 2.90. The number of likely N-dealkylation sites (N-methyl/N-ethyl adjacent to an activating group) is 1. The lowest BCUT2D eigenvalue weighted by atomic mass is 10.1. The van der Waals surface area contributed by atoms with E-state index in [9.17, 15) is 4.79 Å². The quantitative estimate of drug-likeness (QED) is 0.733. The van der Waals surface area contributed by atoms with E-state index in [1.165, 1.54) is 5.56 Å². The number of amides is 1. The molecule has 0 bridgehead atoms. The summed E-state index contributed by atoms with van der Waals surface area (Å²) in [6, 6.07) is 15.7. The van der Waals surface area contributed by atoms with Crippen LogP contribution < -0.4 is 5.32 Å². The molecular weight excluding hydrogens is 334 g/mol. The summed E-state index contributed by atoms with van der Waals surface area (Å²) in [6.45, 7) is 2.20. The average molecular weight is 356 g/mol. The van der Waals surface area contributed by atoms with Gasteiger partial charge in [-0.2, -0.15) is 0 Å². The molecule has 25 heavy (non-hydrogen) atoms. The first-order chi connectivity index (χ1) is 12.0. The highest BCUT2D eigenvalue weighted by Gasteiger charge is 2.09. The van der Waals surface area contributed by atoms with Crippen molar-refractivity contribution < 1.29 is 4.79 Å². The first-order valence-electron chi connectivity index (χ1n) is 8.29. The molecular formula is C20H22ClN3O. The number of carbonyl (C=O) groups is 1. The smallest absolute Gasteiger partial charge is 0.251 e. The highest BCUT2D eigenvalue weighted by molar-refractivity contribution is 6.30. The fourth-order valence-electron chi connectivity index (χ4n) is 2.74. The van der Waals surface area contributed by atoms with Crippen LogP contribution in [-0.4, -0.2) is 42.6 Å². The molecule has 0 aliphatic rings. The molecule has 0 atom stereocenters. The third-order valence-corrected chi connectivity index (χ3v) is 4.40. The van der Waals surface area contributed by atoms with Gasteiger partial charge in [-0.1, -0.05) is 29.8 Å². The maximum absolute atomic E-state index is 12.3. The molecule has 0 saturated carbocycles. The number of carbonyl (C=O) groups excluding carboxylic acids is 1. The van der Waals surface area contributed by atoms with Gasteiger partial charge in [-0.15, -0.1) is 0 Å². The predicted octanol–water partition coefficient (Wildman–Crippen LogP) is 3.63. The van der Waals surface area contributed by atoms with E-state index in [1.807, 2.05) is 67.7 Å². The van der Waals surface area contributed by atoms with Crippen LogP contribution in [-0.2, 0) is 6.54 Å². The predicted molar refractivity (Wildman–Crippen MR) is 103 cm³/mol. The lowest BCUT2D eigenvalue weighted by Gasteiger charge is -2.11. The SMILES string of the molecule is CN(C)CCNC(=O)c1ccc2ccn(Cc3ccc(Cl)cc3)c2c1. The summed E-state index contributed by atoms with van der Waals surface area (Å²) in [4.78, 5) is 14.4. The number of aromatic nitrogens is 1. The van der Waals surface area contributed by atoms with Gasteiger partial charge in [-0.25, -0.2) is 0 Å². The molecule has 0 unspecified atom stereocenters. The van der Waals surface area contributed by atoms with Gasteiger partial charge in [0.2, 0.25) is 0 Å². The maximum atomic E-state index is 12.3. The van der Waals surface area contributed by atoms with Crippen LogP contribution in [0.15, 0.2) is 54.7 Å². The third-order valence-electron chi connectivity index (χ3n) is 4.15. The minimum atomic E-state index is -0.0389. The van der Waals surface area contributed by atoms with Crippen LogP contribution in [0.5, 0.6) is 0 Å². The van der Waals surface area contributed by atoms with Crippen LogP contribution in [0, 0.1) is 0 Å². The third kappa shape index (κ3) is 4.41. The average Bonchev–Trinajstić information content (AvgIpc) is 2.98. The normalized spacial score (nSPS) is 11.2. The number of nitrogens with zero attached hydrogens (tertiary/aromatic N) is 2. The first kappa shape index (κ1) is 17.5. The minimum Gasteiger partial charge on any atom is -0.351 e. The fourth-order valence-corrected chi connectivity index (χ4v) is 2.87. The van der Waals surface area contributed by atoms with E-state index in [4.69, 9.17) is 11.6 Å². The Balaban J connectivity index is 1.79. The molecule has 0 fully saturated rings. The standard InChI is InChI=1S/C20H22ClN3O/c1-23(2)12-10-22-20(25)17-6-5-16-9-11-24(19(16)13-17)14-15-3-7-18(21)8-4-15/h3-9,11,13H,10,12,14H2,1-2H3,(H,22,25). The van der Waals surface area contributed by atoms with Crippen LogP contribution in [0.25, 0.3) is 10.9 Å². The summed E-state index contributed by atoms with van der Waals surface area (Å²) in [5, 5.41) is 4.82. The van der Waals surface area contributed by atoms with Crippen LogP contribution in [0.1, 0.15) is 15.9 Å². The Hall–Kier alpha value is -2.30. The van der Waals surface area contributed by atoms with E-state index in [1.54, 1.807) is 0 Å². The fraction of sp³-hybridized carbons (Fsp3) is 0.250. The highest BCUT2D eigenvalue weighted by atomic mass is 35.5. The molecule has 1 aromatic heterocycles. The zero-order chi connectivity index (χ0) is 17.8. The van der Waals surface area contributed by atoms with Gasteiger partial charge in [0.1, 0.15) is 0 Å². The molecule has 5 heteroatoms. The van der Waals surface area contributed by atoms with Crippen LogP contribution >= 0.6 is 11.6 Å². The Bertz CT molecular complexity index is 868. The Morgan fingerprint density at radius 3 is 2.60 bits per heavy atom. The molecule has 3 rings (SSSR count). The number of halogens is 1. The Morgan fingerprint density at radius 2 is 1.88 bits per heavy atom. The topological polar surface area (TPSA) is 37.3 Å².